The number of likely N-dealkylation sites (tertiary alicyclic amines) is 1. The van der Waals surface area contributed by atoms with Crippen molar-refractivity contribution in [1.82, 2.24) is 30.3 Å². The maximum atomic E-state index is 4.61. The summed E-state index contributed by atoms with van der Waals surface area (Å²) in [6.45, 7) is 11.5. The summed E-state index contributed by atoms with van der Waals surface area (Å²) in [6, 6.07) is 0. The van der Waals surface area contributed by atoms with E-state index in [2.05, 4.69) is 37.3 Å². The first-order valence-corrected chi connectivity index (χ1v) is 9.41. The lowest BCUT2D eigenvalue weighted by Crippen LogP contribution is -2.39. The predicted octanol–water partition coefficient (Wildman–Crippen LogP) is 2.23. The van der Waals surface area contributed by atoms with Gasteiger partial charge in [-0.1, -0.05) is 18.9 Å². The van der Waals surface area contributed by atoms with Crippen molar-refractivity contribution in [3.05, 3.63) is 24.3 Å². The second-order valence-electron chi connectivity index (χ2n) is 6.59. The average molecular weight is 475 g/mol. The lowest BCUT2D eigenvalue weighted by Gasteiger charge is -2.20. The molecule has 0 amide bonds. The molecule has 0 radical (unpaired) electrons. The van der Waals surface area contributed by atoms with Gasteiger partial charge in [-0.3, -0.25) is 0 Å². The molecular formula is C18H34IN7. The minimum atomic E-state index is 0. The highest BCUT2D eigenvalue weighted by Crippen LogP contribution is 2.09. The summed E-state index contributed by atoms with van der Waals surface area (Å²) >= 11 is 0. The van der Waals surface area contributed by atoms with Crippen LogP contribution in [0.25, 0.3) is 0 Å². The van der Waals surface area contributed by atoms with E-state index in [4.69, 9.17) is 0 Å². The van der Waals surface area contributed by atoms with E-state index in [0.29, 0.717) is 13.1 Å². The number of guanidine groups is 1. The molecule has 26 heavy (non-hydrogen) atoms. The van der Waals surface area contributed by atoms with Gasteiger partial charge in [-0.2, -0.15) is 0 Å². The van der Waals surface area contributed by atoms with Crippen LogP contribution in [0.15, 0.2) is 17.6 Å². The van der Waals surface area contributed by atoms with Gasteiger partial charge in [0.15, 0.2) is 11.8 Å². The number of rotatable bonds is 8. The first kappa shape index (κ1) is 22.9. The molecule has 0 aromatic carbocycles. The van der Waals surface area contributed by atoms with Crippen LogP contribution in [0, 0.1) is 6.92 Å². The molecule has 0 aliphatic carbocycles. The largest absolute Gasteiger partial charge is 0.356 e. The third-order valence-electron chi connectivity index (χ3n) is 4.62. The molecule has 2 heterocycles. The molecule has 1 aromatic rings. The molecule has 1 fully saturated rings. The van der Waals surface area contributed by atoms with Gasteiger partial charge in [0.05, 0.1) is 0 Å². The summed E-state index contributed by atoms with van der Waals surface area (Å²) in [4.78, 5) is 7.20. The van der Waals surface area contributed by atoms with Crippen LogP contribution in [-0.2, 0) is 13.6 Å². The molecule has 8 heteroatoms. The molecule has 2 N–H and O–H groups in total. The molecule has 1 aliphatic heterocycles. The lowest BCUT2D eigenvalue weighted by atomic mass is 10.2. The fourth-order valence-corrected chi connectivity index (χ4v) is 2.95. The van der Waals surface area contributed by atoms with Gasteiger partial charge in [0.25, 0.3) is 0 Å². The number of aryl methyl sites for hydroxylation is 1. The van der Waals surface area contributed by atoms with E-state index in [9.17, 15) is 0 Å². The number of aromatic nitrogens is 3. The van der Waals surface area contributed by atoms with E-state index in [0.717, 1.165) is 37.1 Å². The monoisotopic (exact) mass is 475 g/mol. The predicted molar refractivity (Wildman–Crippen MR) is 118 cm³/mol. The third kappa shape index (κ3) is 8.03. The van der Waals surface area contributed by atoms with Crippen LogP contribution in [0.4, 0.5) is 0 Å². The summed E-state index contributed by atoms with van der Waals surface area (Å²) in [7, 11) is 1.96. The Hall–Kier alpha value is -1.16. The Morgan fingerprint density at radius 2 is 1.92 bits per heavy atom. The van der Waals surface area contributed by atoms with Crippen molar-refractivity contribution in [2.45, 2.75) is 45.6 Å². The molecule has 7 nitrogen and oxygen atoms in total. The van der Waals surface area contributed by atoms with Crippen LogP contribution in [0.1, 0.15) is 43.8 Å². The zero-order chi connectivity index (χ0) is 17.9. The van der Waals surface area contributed by atoms with E-state index in [-0.39, 0.29) is 24.0 Å². The van der Waals surface area contributed by atoms with Crippen LogP contribution in [0.5, 0.6) is 0 Å². The summed E-state index contributed by atoms with van der Waals surface area (Å²) in [5.41, 5.74) is 0. The Morgan fingerprint density at radius 1 is 1.19 bits per heavy atom. The molecule has 0 bridgehead atoms. The van der Waals surface area contributed by atoms with Crippen molar-refractivity contribution in [3.63, 3.8) is 0 Å². The van der Waals surface area contributed by atoms with Crippen LogP contribution in [0.3, 0.4) is 0 Å². The molecule has 1 aliphatic rings. The van der Waals surface area contributed by atoms with E-state index < -0.39 is 0 Å². The molecule has 2 rings (SSSR count). The van der Waals surface area contributed by atoms with Crippen molar-refractivity contribution < 1.29 is 0 Å². The van der Waals surface area contributed by atoms with Crippen LogP contribution in [-0.4, -0.2) is 58.3 Å². The normalized spacial score (nSPS) is 15.8. The van der Waals surface area contributed by atoms with Gasteiger partial charge >= 0.3 is 0 Å². The van der Waals surface area contributed by atoms with Gasteiger partial charge in [0.1, 0.15) is 12.4 Å². The van der Waals surface area contributed by atoms with E-state index >= 15 is 0 Å². The number of aliphatic imine (C=N–C) groups is 1. The zero-order valence-electron chi connectivity index (χ0n) is 16.2. The van der Waals surface area contributed by atoms with Gasteiger partial charge in [-0.05, 0) is 45.8 Å². The highest BCUT2D eigenvalue weighted by Gasteiger charge is 2.08. The smallest absolute Gasteiger partial charge is 0.191 e. The SMILES string of the molecule is C=CCNC(=NCc1nnc(C)n1C)NCCCN1CCCCCC1.I. The van der Waals surface area contributed by atoms with Crippen LogP contribution in [0.2, 0.25) is 0 Å². The molecule has 148 valence electrons. The van der Waals surface area contributed by atoms with Crippen molar-refractivity contribution >= 4 is 29.9 Å². The summed E-state index contributed by atoms with van der Waals surface area (Å²) in [6.07, 6.45) is 8.42. The second-order valence-corrected chi connectivity index (χ2v) is 6.59. The Morgan fingerprint density at radius 3 is 2.54 bits per heavy atom. The van der Waals surface area contributed by atoms with E-state index in [1.165, 1.54) is 38.8 Å². The van der Waals surface area contributed by atoms with Crippen molar-refractivity contribution in [2.75, 3.05) is 32.7 Å². The van der Waals surface area contributed by atoms with Crippen molar-refractivity contribution in [2.24, 2.45) is 12.0 Å². The molecule has 0 saturated carbocycles. The quantitative estimate of drug-likeness (QED) is 0.199. The number of halogens is 1. The number of hydrogen-bond donors (Lipinski definition) is 2. The van der Waals surface area contributed by atoms with Gasteiger partial charge in [0.2, 0.25) is 0 Å². The number of nitrogens with zero attached hydrogens (tertiary/aromatic N) is 5. The minimum Gasteiger partial charge on any atom is -0.356 e. The Balaban J connectivity index is 0.00000338. The minimum absolute atomic E-state index is 0. The Labute approximate surface area is 174 Å². The highest BCUT2D eigenvalue weighted by molar-refractivity contribution is 14.0. The fraction of sp³-hybridized carbons (Fsp3) is 0.722. The topological polar surface area (TPSA) is 70.4 Å². The molecule has 0 unspecified atom stereocenters. The van der Waals surface area contributed by atoms with Gasteiger partial charge in [-0.15, -0.1) is 40.8 Å². The molecular weight excluding hydrogens is 441 g/mol. The van der Waals surface area contributed by atoms with Gasteiger partial charge in [-0.25, -0.2) is 4.99 Å². The zero-order valence-corrected chi connectivity index (χ0v) is 18.5. The molecule has 0 spiro atoms. The molecule has 1 aromatic heterocycles. The van der Waals surface area contributed by atoms with Gasteiger partial charge in [0, 0.05) is 20.1 Å². The third-order valence-corrected chi connectivity index (χ3v) is 4.62. The Bertz CT molecular complexity index is 548. The number of nitrogens with one attached hydrogen (secondary N) is 2. The first-order valence-electron chi connectivity index (χ1n) is 9.41. The van der Waals surface area contributed by atoms with Crippen LogP contribution >= 0.6 is 24.0 Å². The summed E-state index contributed by atoms with van der Waals surface area (Å²) in [5.74, 6) is 2.56. The molecule has 0 atom stereocenters. The lowest BCUT2D eigenvalue weighted by molar-refractivity contribution is 0.282. The Kier molecular flexibility index (Phi) is 11.5. The van der Waals surface area contributed by atoms with E-state index in [1.807, 2.05) is 24.6 Å². The highest BCUT2D eigenvalue weighted by atomic mass is 127. The number of hydrogen-bond acceptors (Lipinski definition) is 4. The summed E-state index contributed by atoms with van der Waals surface area (Å²) < 4.78 is 1.97. The van der Waals surface area contributed by atoms with Gasteiger partial charge < -0.3 is 20.1 Å². The second kappa shape index (κ2) is 13.1. The maximum Gasteiger partial charge on any atom is 0.191 e. The van der Waals surface area contributed by atoms with Crippen LogP contribution < -0.4 is 10.6 Å². The molecule has 1 saturated heterocycles. The van der Waals surface area contributed by atoms with Crippen molar-refractivity contribution in [3.8, 4) is 0 Å². The standard InChI is InChI=1S/C18H33N7.HI/c1-4-10-19-18(21-15-17-23-22-16(2)24(17)3)20-11-9-14-25-12-7-5-6-8-13-25;/h4H,1,5-15H2,2-3H3,(H2,19,20,21);1H. The van der Waals surface area contributed by atoms with E-state index in [1.54, 1.807) is 0 Å². The average Bonchev–Trinajstić information content (AvgIpc) is 2.82. The maximum absolute atomic E-state index is 4.61. The first-order chi connectivity index (χ1) is 12.2. The van der Waals surface area contributed by atoms with Crippen molar-refractivity contribution in [1.29, 1.82) is 0 Å². The fourth-order valence-electron chi connectivity index (χ4n) is 2.95. The summed E-state index contributed by atoms with van der Waals surface area (Å²) in [5, 5.41) is 14.9.